The molecule has 0 spiro atoms. The van der Waals surface area contributed by atoms with Crippen molar-refractivity contribution >= 4 is 0 Å². The fraction of sp³-hybridized carbons (Fsp3) is 1.00. The molecule has 0 saturated heterocycles. The second-order valence-electron chi connectivity index (χ2n) is 5.02. The molecule has 2 fully saturated rings. The molecule has 1 nitrogen and oxygen atoms in total. The van der Waals surface area contributed by atoms with Crippen LogP contribution in [0.4, 0.5) is 0 Å². The third-order valence-corrected chi connectivity index (χ3v) is 4.14. The van der Waals surface area contributed by atoms with E-state index in [1.54, 1.807) is 0 Å². The van der Waals surface area contributed by atoms with Crippen LogP contribution < -0.4 is 0 Å². The first-order chi connectivity index (χ1) is 5.71. The zero-order valence-corrected chi connectivity index (χ0v) is 8.05. The smallest absolute Gasteiger partial charge is 0.0543 e. The molecule has 1 heteroatoms. The molecule has 0 heterocycles. The van der Waals surface area contributed by atoms with E-state index in [-0.39, 0.29) is 6.10 Å². The lowest BCUT2D eigenvalue weighted by atomic mass is 9.60. The number of aliphatic hydroxyl groups excluding tert-OH is 1. The molecule has 3 atom stereocenters. The highest BCUT2D eigenvalue weighted by atomic mass is 16.3. The van der Waals surface area contributed by atoms with Gasteiger partial charge in [-0.25, -0.2) is 0 Å². The highest BCUT2D eigenvalue weighted by molar-refractivity contribution is 4.91. The van der Waals surface area contributed by atoms with Gasteiger partial charge in [0, 0.05) is 0 Å². The number of aliphatic hydroxyl groups is 1. The van der Waals surface area contributed by atoms with E-state index >= 15 is 0 Å². The number of rotatable bonds is 0. The lowest BCUT2D eigenvalue weighted by Gasteiger charge is -2.46. The Morgan fingerprint density at radius 1 is 1.17 bits per heavy atom. The summed E-state index contributed by atoms with van der Waals surface area (Å²) in [4.78, 5) is 0. The molecule has 0 aromatic carbocycles. The molecule has 0 aliphatic heterocycles. The van der Waals surface area contributed by atoms with Crippen molar-refractivity contribution in [3.8, 4) is 0 Å². The molecule has 0 amide bonds. The molecule has 0 bridgehead atoms. The van der Waals surface area contributed by atoms with Crippen molar-refractivity contribution in [3.05, 3.63) is 0 Å². The Morgan fingerprint density at radius 2 is 2.00 bits per heavy atom. The predicted octanol–water partition coefficient (Wildman–Crippen LogP) is 2.73. The van der Waals surface area contributed by atoms with Crippen LogP contribution in [0, 0.1) is 11.3 Å². The summed E-state index contributed by atoms with van der Waals surface area (Å²) in [6, 6.07) is 0. The topological polar surface area (TPSA) is 20.2 Å². The van der Waals surface area contributed by atoms with Crippen molar-refractivity contribution in [2.24, 2.45) is 11.3 Å². The second kappa shape index (κ2) is 3.02. The number of hydrogen-bond donors (Lipinski definition) is 1. The van der Waals surface area contributed by atoms with Gasteiger partial charge in [0.15, 0.2) is 0 Å². The van der Waals surface area contributed by atoms with E-state index in [9.17, 15) is 5.11 Å². The highest BCUT2D eigenvalue weighted by Gasteiger charge is 2.40. The Hall–Kier alpha value is -0.0400. The first kappa shape index (κ1) is 8.55. The maximum atomic E-state index is 9.56. The molecule has 0 aromatic heterocycles. The average molecular weight is 168 g/mol. The van der Waals surface area contributed by atoms with Crippen molar-refractivity contribution in [2.75, 3.05) is 0 Å². The molecule has 1 N–H and O–H groups in total. The number of hydrogen-bond acceptors (Lipinski definition) is 1. The first-order valence-corrected chi connectivity index (χ1v) is 5.39. The van der Waals surface area contributed by atoms with Gasteiger partial charge in [-0.3, -0.25) is 0 Å². The quantitative estimate of drug-likeness (QED) is 0.589. The van der Waals surface area contributed by atoms with Crippen molar-refractivity contribution < 1.29 is 5.11 Å². The lowest BCUT2D eigenvalue weighted by molar-refractivity contribution is -0.00751. The van der Waals surface area contributed by atoms with Gasteiger partial charge >= 0.3 is 0 Å². The van der Waals surface area contributed by atoms with E-state index in [2.05, 4.69) is 6.92 Å². The molecule has 0 aromatic rings. The molecule has 0 radical (unpaired) electrons. The summed E-state index contributed by atoms with van der Waals surface area (Å²) < 4.78 is 0. The highest BCUT2D eigenvalue weighted by Crippen LogP contribution is 2.49. The number of fused-ring (bicyclic) bond motifs is 1. The molecule has 2 saturated carbocycles. The molecular weight excluding hydrogens is 148 g/mol. The summed E-state index contributed by atoms with van der Waals surface area (Å²) >= 11 is 0. The maximum Gasteiger partial charge on any atom is 0.0543 e. The Bertz CT molecular complexity index is 166. The summed E-state index contributed by atoms with van der Waals surface area (Å²) in [5.41, 5.74) is 0.595. The van der Waals surface area contributed by atoms with Gasteiger partial charge in [0.2, 0.25) is 0 Å². The summed E-state index contributed by atoms with van der Waals surface area (Å²) in [7, 11) is 0. The van der Waals surface area contributed by atoms with Crippen LogP contribution in [-0.2, 0) is 0 Å². The van der Waals surface area contributed by atoms with Crippen molar-refractivity contribution in [3.63, 3.8) is 0 Å². The van der Waals surface area contributed by atoms with Gasteiger partial charge in [0.25, 0.3) is 0 Å². The Labute approximate surface area is 75.2 Å². The largest absolute Gasteiger partial charge is 0.393 e. The summed E-state index contributed by atoms with van der Waals surface area (Å²) in [6.07, 6.45) is 9.00. The van der Waals surface area contributed by atoms with E-state index in [1.807, 2.05) is 0 Å². The van der Waals surface area contributed by atoms with Crippen LogP contribution in [0.2, 0.25) is 0 Å². The minimum Gasteiger partial charge on any atom is -0.393 e. The Morgan fingerprint density at radius 3 is 2.83 bits per heavy atom. The zero-order chi connectivity index (χ0) is 8.60. The van der Waals surface area contributed by atoms with Crippen molar-refractivity contribution in [1.29, 1.82) is 0 Å². The third kappa shape index (κ3) is 1.39. The minimum absolute atomic E-state index is 0.0150. The standard InChI is InChI=1S/C11H20O/c1-11-6-3-2-4-9(11)8-10(12)5-7-11/h9-10,12H,2-8H2,1H3/t9-,10-,11-/m0/s1. The lowest BCUT2D eigenvalue weighted by Crippen LogP contribution is -2.38. The van der Waals surface area contributed by atoms with Gasteiger partial charge in [0.1, 0.15) is 0 Å². The average Bonchev–Trinajstić information content (AvgIpc) is 2.06. The Balaban J connectivity index is 2.06. The van der Waals surface area contributed by atoms with Gasteiger partial charge in [-0.1, -0.05) is 19.8 Å². The molecule has 12 heavy (non-hydrogen) atoms. The molecule has 2 aliphatic rings. The maximum absolute atomic E-state index is 9.56. The Kier molecular flexibility index (Phi) is 2.16. The molecule has 2 aliphatic carbocycles. The van der Waals surface area contributed by atoms with Gasteiger partial charge in [-0.2, -0.15) is 0 Å². The van der Waals surface area contributed by atoms with E-state index in [1.165, 1.54) is 32.1 Å². The van der Waals surface area contributed by atoms with Crippen LogP contribution in [0.3, 0.4) is 0 Å². The van der Waals surface area contributed by atoms with Crippen LogP contribution in [-0.4, -0.2) is 11.2 Å². The van der Waals surface area contributed by atoms with Crippen LogP contribution in [0.5, 0.6) is 0 Å². The van der Waals surface area contributed by atoms with Crippen LogP contribution in [0.1, 0.15) is 51.9 Å². The predicted molar refractivity (Wildman–Crippen MR) is 49.9 cm³/mol. The normalized spacial score (nSPS) is 48.5. The fourth-order valence-corrected chi connectivity index (χ4v) is 3.15. The summed E-state index contributed by atoms with van der Waals surface area (Å²) in [5.74, 6) is 0.829. The van der Waals surface area contributed by atoms with Gasteiger partial charge in [-0.15, -0.1) is 0 Å². The molecule has 2 rings (SSSR count). The molecule has 70 valence electrons. The van der Waals surface area contributed by atoms with Crippen LogP contribution in [0.15, 0.2) is 0 Å². The van der Waals surface area contributed by atoms with Gasteiger partial charge < -0.3 is 5.11 Å². The van der Waals surface area contributed by atoms with E-state index < -0.39 is 0 Å². The SMILES string of the molecule is C[C@@]12CCCC[C@H]1C[C@@H](O)CC2. The second-order valence-corrected chi connectivity index (χ2v) is 5.02. The molecular formula is C11H20O. The molecule has 0 unspecified atom stereocenters. The van der Waals surface area contributed by atoms with Crippen molar-refractivity contribution in [2.45, 2.75) is 58.0 Å². The van der Waals surface area contributed by atoms with E-state index in [0.717, 1.165) is 18.8 Å². The summed E-state index contributed by atoms with van der Waals surface area (Å²) in [6.45, 7) is 2.43. The zero-order valence-electron chi connectivity index (χ0n) is 8.05. The first-order valence-electron chi connectivity index (χ1n) is 5.39. The van der Waals surface area contributed by atoms with E-state index in [0.29, 0.717) is 5.41 Å². The van der Waals surface area contributed by atoms with Gasteiger partial charge in [-0.05, 0) is 43.4 Å². The monoisotopic (exact) mass is 168 g/mol. The van der Waals surface area contributed by atoms with Gasteiger partial charge in [0.05, 0.1) is 6.10 Å². The van der Waals surface area contributed by atoms with Crippen LogP contribution >= 0.6 is 0 Å². The van der Waals surface area contributed by atoms with Crippen molar-refractivity contribution in [1.82, 2.24) is 0 Å². The minimum atomic E-state index is 0.0150. The fourth-order valence-electron chi connectivity index (χ4n) is 3.15. The van der Waals surface area contributed by atoms with E-state index in [4.69, 9.17) is 0 Å². The summed E-state index contributed by atoms with van der Waals surface area (Å²) in [5, 5.41) is 9.56. The van der Waals surface area contributed by atoms with Crippen LogP contribution in [0.25, 0.3) is 0 Å². The third-order valence-electron chi connectivity index (χ3n) is 4.14.